The van der Waals surface area contributed by atoms with Gasteiger partial charge in [0.1, 0.15) is 5.75 Å². The first-order valence-electron chi connectivity index (χ1n) is 11.8. The molecule has 0 saturated heterocycles. The molecular weight excluding hydrogens is 412 g/mol. The minimum Gasteiger partial charge on any atom is -0.497 e. The third-order valence-electron chi connectivity index (χ3n) is 7.48. The van der Waals surface area contributed by atoms with Gasteiger partial charge in [0.15, 0.2) is 0 Å². The fourth-order valence-electron chi connectivity index (χ4n) is 5.44. The van der Waals surface area contributed by atoms with Gasteiger partial charge in [-0.2, -0.15) is 0 Å². The lowest BCUT2D eigenvalue weighted by atomic mass is 9.64. The quantitative estimate of drug-likeness (QED) is 0.649. The molecule has 0 bridgehead atoms. The molecule has 1 aliphatic heterocycles. The van der Waals surface area contributed by atoms with E-state index in [9.17, 15) is 9.59 Å². The van der Waals surface area contributed by atoms with Gasteiger partial charge >= 0.3 is 0 Å². The monoisotopic (exact) mass is 444 g/mol. The van der Waals surface area contributed by atoms with E-state index in [2.05, 4.69) is 18.9 Å². The summed E-state index contributed by atoms with van der Waals surface area (Å²) in [5.74, 6) is 2.62. The number of nitrogens with two attached hydrogens (primary N) is 1. The van der Waals surface area contributed by atoms with Crippen molar-refractivity contribution >= 4 is 11.8 Å². The number of terminal acetylenes is 1. The summed E-state index contributed by atoms with van der Waals surface area (Å²) in [6.45, 7) is 2.15. The van der Waals surface area contributed by atoms with E-state index in [0.717, 1.165) is 67.4 Å². The fraction of sp³-hybridized carbons (Fsp3) is 0.429. The molecule has 33 heavy (non-hydrogen) atoms. The van der Waals surface area contributed by atoms with Crippen molar-refractivity contribution in [3.8, 4) is 18.1 Å². The Morgan fingerprint density at radius 2 is 1.94 bits per heavy atom. The van der Waals surface area contributed by atoms with Crippen molar-refractivity contribution in [1.29, 1.82) is 0 Å². The maximum Gasteiger partial charge on any atom is 0.299 e. The molecule has 1 heterocycles. The van der Waals surface area contributed by atoms with Gasteiger partial charge in [-0.25, -0.2) is 0 Å². The number of benzene rings is 2. The van der Waals surface area contributed by atoms with Crippen molar-refractivity contribution in [2.24, 2.45) is 5.73 Å². The van der Waals surface area contributed by atoms with Crippen LogP contribution in [-0.2, 0) is 21.4 Å². The van der Waals surface area contributed by atoms with Crippen LogP contribution >= 0.6 is 0 Å². The topological polar surface area (TPSA) is 72.6 Å². The molecule has 172 valence electrons. The third-order valence-corrected chi connectivity index (χ3v) is 7.48. The molecule has 1 saturated carbocycles. The van der Waals surface area contributed by atoms with E-state index in [-0.39, 0.29) is 23.9 Å². The van der Waals surface area contributed by atoms with E-state index < -0.39 is 5.41 Å². The van der Waals surface area contributed by atoms with Gasteiger partial charge in [0.2, 0.25) is 5.91 Å². The van der Waals surface area contributed by atoms with E-state index in [4.69, 9.17) is 16.9 Å². The number of hydrogen-bond donors (Lipinski definition) is 1. The number of primary amides is 1. The van der Waals surface area contributed by atoms with Crippen LogP contribution in [0.3, 0.4) is 0 Å². The third kappa shape index (κ3) is 3.99. The number of carbonyl (C=O) groups is 2. The number of amides is 2. The van der Waals surface area contributed by atoms with Crippen LogP contribution in [0.25, 0.3) is 0 Å². The Morgan fingerprint density at radius 1 is 1.21 bits per heavy atom. The molecule has 2 aliphatic rings. The van der Waals surface area contributed by atoms with Crippen molar-refractivity contribution in [3.63, 3.8) is 0 Å². The first-order chi connectivity index (χ1) is 15.9. The van der Waals surface area contributed by atoms with Crippen LogP contribution in [0.1, 0.15) is 73.7 Å². The van der Waals surface area contributed by atoms with E-state index in [1.165, 1.54) is 5.56 Å². The van der Waals surface area contributed by atoms with Crippen molar-refractivity contribution < 1.29 is 14.3 Å². The number of hydrogen-bond acceptors (Lipinski definition) is 3. The average Bonchev–Trinajstić information content (AvgIpc) is 2.80. The predicted molar refractivity (Wildman–Crippen MR) is 129 cm³/mol. The predicted octanol–water partition coefficient (Wildman–Crippen LogP) is 4.27. The minimum absolute atomic E-state index is 0.0152. The molecule has 1 fully saturated rings. The molecule has 2 amide bonds. The SMILES string of the molecule is C#CC(=O)N1[C@@H](CCCC)Cc2cc(OC)ccc2[C@@H]1c1ccc(C2(C(N)=O)CCC2)cc1. The molecule has 0 radical (unpaired) electrons. The highest BCUT2D eigenvalue weighted by atomic mass is 16.5. The van der Waals surface area contributed by atoms with E-state index in [1.54, 1.807) is 7.11 Å². The number of carbonyl (C=O) groups excluding carboxylic acids is 2. The zero-order valence-electron chi connectivity index (χ0n) is 19.5. The van der Waals surface area contributed by atoms with Gasteiger partial charge in [-0.05, 0) is 66.0 Å². The van der Waals surface area contributed by atoms with Gasteiger partial charge in [0, 0.05) is 6.04 Å². The molecule has 5 heteroatoms. The molecule has 0 aromatic heterocycles. The maximum atomic E-state index is 13.0. The molecule has 4 rings (SSSR count). The van der Waals surface area contributed by atoms with Gasteiger partial charge < -0.3 is 15.4 Å². The van der Waals surface area contributed by atoms with Crippen LogP contribution in [0.4, 0.5) is 0 Å². The summed E-state index contributed by atoms with van der Waals surface area (Å²) in [6.07, 6.45) is 11.9. The number of rotatable bonds is 7. The number of ether oxygens (including phenoxy) is 1. The lowest BCUT2D eigenvalue weighted by Gasteiger charge is -2.43. The van der Waals surface area contributed by atoms with E-state index >= 15 is 0 Å². The standard InChI is InChI=1S/C28H32N2O3/c1-4-6-8-22-17-20-18-23(33-3)13-14-24(20)26(30(22)25(31)5-2)19-9-11-21(12-10-19)28(27(29)32)15-7-16-28/h2,9-14,18,22,26H,4,6-8,15-17H2,1,3H3,(H2,29,32)/t22-,26-/m0/s1. The van der Waals surface area contributed by atoms with Crippen LogP contribution in [0.5, 0.6) is 5.75 Å². The highest BCUT2D eigenvalue weighted by molar-refractivity contribution is 5.94. The fourth-order valence-corrected chi connectivity index (χ4v) is 5.44. The Balaban J connectivity index is 1.80. The summed E-state index contributed by atoms with van der Waals surface area (Å²) in [5, 5.41) is 0. The summed E-state index contributed by atoms with van der Waals surface area (Å²) in [7, 11) is 1.67. The molecule has 2 atom stereocenters. The lowest BCUT2D eigenvalue weighted by molar-refractivity contribution is -0.130. The van der Waals surface area contributed by atoms with Crippen molar-refractivity contribution in [2.75, 3.05) is 7.11 Å². The van der Waals surface area contributed by atoms with Gasteiger partial charge in [-0.15, -0.1) is 6.42 Å². The molecule has 2 N–H and O–H groups in total. The second-order valence-corrected chi connectivity index (χ2v) is 9.25. The number of nitrogens with zero attached hydrogens (tertiary/aromatic N) is 1. The number of unbranched alkanes of at least 4 members (excludes halogenated alkanes) is 1. The number of fused-ring (bicyclic) bond motifs is 1. The van der Waals surface area contributed by atoms with Crippen LogP contribution in [0.2, 0.25) is 0 Å². The van der Waals surface area contributed by atoms with Crippen molar-refractivity contribution in [2.45, 2.75) is 69.4 Å². The van der Waals surface area contributed by atoms with E-state index in [1.807, 2.05) is 41.3 Å². The summed E-state index contributed by atoms with van der Waals surface area (Å²) in [5.41, 5.74) is 9.37. The zero-order valence-corrected chi connectivity index (χ0v) is 19.5. The second-order valence-electron chi connectivity index (χ2n) is 9.25. The summed E-state index contributed by atoms with van der Waals surface area (Å²) >= 11 is 0. The molecule has 2 aromatic carbocycles. The van der Waals surface area contributed by atoms with E-state index in [0.29, 0.717) is 0 Å². The maximum absolute atomic E-state index is 13.0. The van der Waals surface area contributed by atoms with Crippen LogP contribution in [0.15, 0.2) is 42.5 Å². The van der Waals surface area contributed by atoms with Crippen LogP contribution in [-0.4, -0.2) is 29.9 Å². The van der Waals surface area contributed by atoms with Crippen molar-refractivity contribution in [3.05, 3.63) is 64.7 Å². The summed E-state index contributed by atoms with van der Waals surface area (Å²) in [4.78, 5) is 27.1. The first-order valence-corrected chi connectivity index (χ1v) is 11.8. The minimum atomic E-state index is -0.561. The number of methoxy groups -OCH3 is 1. The van der Waals surface area contributed by atoms with Gasteiger partial charge in [0.25, 0.3) is 5.91 Å². The zero-order chi connectivity index (χ0) is 23.6. The average molecular weight is 445 g/mol. The first kappa shape index (κ1) is 22.9. The van der Waals surface area contributed by atoms with Gasteiger partial charge in [-0.3, -0.25) is 9.59 Å². The lowest BCUT2D eigenvalue weighted by Crippen LogP contribution is -2.47. The normalized spacial score (nSPS) is 20.8. The molecular formula is C28H32N2O3. The second kappa shape index (κ2) is 9.31. The Labute approximate surface area is 196 Å². The Hall–Kier alpha value is -3.26. The molecule has 1 aliphatic carbocycles. The summed E-state index contributed by atoms with van der Waals surface area (Å²) < 4.78 is 5.47. The Bertz CT molecular complexity index is 1080. The van der Waals surface area contributed by atoms with Crippen molar-refractivity contribution in [1.82, 2.24) is 4.90 Å². The molecule has 0 unspecified atom stereocenters. The Morgan fingerprint density at radius 3 is 2.48 bits per heavy atom. The molecule has 0 spiro atoms. The highest BCUT2D eigenvalue weighted by Gasteiger charge is 2.44. The highest BCUT2D eigenvalue weighted by Crippen LogP contribution is 2.45. The van der Waals surface area contributed by atoms with Crippen LogP contribution < -0.4 is 10.5 Å². The smallest absolute Gasteiger partial charge is 0.299 e. The molecule has 5 nitrogen and oxygen atoms in total. The van der Waals surface area contributed by atoms with Gasteiger partial charge in [-0.1, -0.05) is 56.5 Å². The van der Waals surface area contributed by atoms with Crippen LogP contribution in [0, 0.1) is 12.3 Å². The largest absolute Gasteiger partial charge is 0.497 e. The van der Waals surface area contributed by atoms with Gasteiger partial charge in [0.05, 0.1) is 18.6 Å². The molecule has 2 aromatic rings. The Kier molecular flexibility index (Phi) is 6.47. The summed E-state index contributed by atoms with van der Waals surface area (Å²) in [6, 6.07) is 13.8.